The monoisotopic (exact) mass is 490 g/mol. The maximum Gasteiger partial charge on any atom is 0.200 e. The van der Waals surface area contributed by atoms with Gasteiger partial charge in [-0.25, -0.2) is 8.78 Å². The van der Waals surface area contributed by atoms with Crippen molar-refractivity contribution in [1.82, 2.24) is 0 Å². The molecule has 0 heterocycles. The second-order valence-corrected chi connectivity index (χ2v) is 11.7. The van der Waals surface area contributed by atoms with Crippen LogP contribution in [0, 0.1) is 41.2 Å². The van der Waals surface area contributed by atoms with Crippen molar-refractivity contribution < 1.29 is 17.9 Å². The molecule has 3 saturated carbocycles. The summed E-state index contributed by atoms with van der Waals surface area (Å²) in [4.78, 5) is 0. The molecule has 3 fully saturated rings. The number of benzene rings is 1. The van der Waals surface area contributed by atoms with Crippen molar-refractivity contribution in [1.29, 1.82) is 0 Å². The second-order valence-electron chi connectivity index (χ2n) is 11.7. The lowest BCUT2D eigenvalue weighted by Gasteiger charge is -2.38. The highest BCUT2D eigenvalue weighted by atomic mass is 19.2. The van der Waals surface area contributed by atoms with Crippen LogP contribution in [0.2, 0.25) is 0 Å². The molecule has 3 aliphatic rings. The number of rotatable bonds is 8. The Labute approximate surface area is 210 Å². The molecule has 1 aromatic rings. The zero-order valence-electron chi connectivity index (χ0n) is 21.8. The minimum atomic E-state index is -0.832. The molecule has 35 heavy (non-hydrogen) atoms. The fourth-order valence-electron chi connectivity index (χ4n) is 7.42. The van der Waals surface area contributed by atoms with Crippen LogP contribution in [-0.2, 0) is 0 Å². The Balaban J connectivity index is 1.15. The summed E-state index contributed by atoms with van der Waals surface area (Å²) in [5.74, 6) is 2.43. The van der Waals surface area contributed by atoms with E-state index in [-0.39, 0.29) is 17.5 Å². The first-order chi connectivity index (χ1) is 16.9. The zero-order chi connectivity index (χ0) is 24.8. The summed E-state index contributed by atoms with van der Waals surface area (Å²) in [6.45, 7) is 3.68. The van der Waals surface area contributed by atoms with Crippen LogP contribution < -0.4 is 4.74 Å². The lowest BCUT2D eigenvalue weighted by atomic mass is 9.68. The average Bonchev–Trinajstić information content (AvgIpc) is 2.87. The van der Waals surface area contributed by atoms with Crippen molar-refractivity contribution in [3.63, 3.8) is 0 Å². The van der Waals surface area contributed by atoms with Gasteiger partial charge in [0.1, 0.15) is 0 Å². The van der Waals surface area contributed by atoms with Crippen LogP contribution in [-0.4, -0.2) is 6.61 Å². The third kappa shape index (κ3) is 7.07. The largest absolute Gasteiger partial charge is 0.491 e. The molecular weight excluding hydrogens is 445 g/mol. The highest BCUT2D eigenvalue weighted by molar-refractivity contribution is 5.33. The van der Waals surface area contributed by atoms with Crippen LogP contribution >= 0.6 is 0 Å². The molecule has 0 N–H and O–H groups in total. The Hall–Kier alpha value is -1.45. The molecule has 0 radical (unpaired) electrons. The number of hydrogen-bond donors (Lipinski definition) is 0. The van der Waals surface area contributed by atoms with Crippen LogP contribution in [0.4, 0.5) is 13.2 Å². The molecule has 196 valence electrons. The van der Waals surface area contributed by atoms with Gasteiger partial charge in [-0.3, -0.25) is 0 Å². The van der Waals surface area contributed by atoms with E-state index in [1.165, 1.54) is 64.2 Å². The number of hydrogen-bond acceptors (Lipinski definition) is 1. The van der Waals surface area contributed by atoms with Gasteiger partial charge in [0, 0.05) is 0 Å². The SMILES string of the molecule is CCOc1ccc(C2CCC(CCC3CCC(C4CCC(/C=C(/C)F)CC4)CC3)CC2)c(F)c1F. The summed E-state index contributed by atoms with van der Waals surface area (Å²) in [6, 6.07) is 3.32. The van der Waals surface area contributed by atoms with Gasteiger partial charge < -0.3 is 4.74 Å². The molecule has 0 saturated heterocycles. The Morgan fingerprint density at radius 3 is 1.89 bits per heavy atom. The summed E-state index contributed by atoms with van der Waals surface area (Å²) in [5.41, 5.74) is 0.535. The highest BCUT2D eigenvalue weighted by Crippen LogP contribution is 2.44. The van der Waals surface area contributed by atoms with Crippen molar-refractivity contribution in [2.75, 3.05) is 6.61 Å². The number of allylic oxidation sites excluding steroid dienone is 2. The van der Waals surface area contributed by atoms with Gasteiger partial charge in [0.15, 0.2) is 11.6 Å². The Kier molecular flexibility index (Phi) is 9.64. The van der Waals surface area contributed by atoms with Gasteiger partial charge >= 0.3 is 0 Å². The Bertz CT molecular complexity index is 822. The predicted octanol–water partition coefficient (Wildman–Crippen LogP) is 9.90. The van der Waals surface area contributed by atoms with Gasteiger partial charge in [-0.15, -0.1) is 0 Å². The first kappa shape index (κ1) is 26.6. The zero-order valence-corrected chi connectivity index (χ0v) is 21.8. The molecule has 0 bridgehead atoms. The van der Waals surface area contributed by atoms with Gasteiger partial charge in [0.2, 0.25) is 5.82 Å². The van der Waals surface area contributed by atoms with E-state index in [0.717, 1.165) is 49.4 Å². The fraction of sp³-hybridized carbons (Fsp3) is 0.742. The highest BCUT2D eigenvalue weighted by Gasteiger charge is 2.31. The van der Waals surface area contributed by atoms with E-state index >= 15 is 0 Å². The van der Waals surface area contributed by atoms with E-state index in [9.17, 15) is 13.2 Å². The standard InChI is InChI=1S/C31H45F3O/c1-3-35-29-19-18-28(30(33)31(29)34)27-16-8-23(9-17-27)5-4-22-6-12-25(13-7-22)26-14-10-24(11-15-26)20-21(2)32/h18-20,22-27H,3-17H2,1-2H3/b21-20-. The van der Waals surface area contributed by atoms with Gasteiger partial charge in [0.25, 0.3) is 0 Å². The van der Waals surface area contributed by atoms with Crippen molar-refractivity contribution in [2.24, 2.45) is 29.6 Å². The van der Waals surface area contributed by atoms with Crippen LogP contribution in [0.3, 0.4) is 0 Å². The van der Waals surface area contributed by atoms with Gasteiger partial charge in [-0.05, 0) is 125 Å². The minimum Gasteiger partial charge on any atom is -0.491 e. The van der Waals surface area contributed by atoms with Gasteiger partial charge in [0.05, 0.1) is 12.4 Å². The topological polar surface area (TPSA) is 9.23 Å². The predicted molar refractivity (Wildman–Crippen MR) is 137 cm³/mol. The normalized spacial score (nSPS) is 32.4. The molecule has 0 amide bonds. The smallest absolute Gasteiger partial charge is 0.200 e. The number of ether oxygens (including phenoxy) is 1. The summed E-state index contributed by atoms with van der Waals surface area (Å²) < 4.78 is 47.3. The first-order valence-electron chi connectivity index (χ1n) is 14.4. The Morgan fingerprint density at radius 1 is 0.800 bits per heavy atom. The molecule has 0 aliphatic heterocycles. The molecule has 4 heteroatoms. The van der Waals surface area contributed by atoms with Crippen LogP contribution in [0.1, 0.15) is 115 Å². The summed E-state index contributed by atoms with van der Waals surface area (Å²) >= 11 is 0. The maximum absolute atomic E-state index is 14.6. The first-order valence-corrected chi connectivity index (χ1v) is 14.4. The molecule has 0 atom stereocenters. The summed E-state index contributed by atoms with van der Waals surface area (Å²) in [5, 5.41) is 0. The van der Waals surface area contributed by atoms with E-state index in [1.54, 1.807) is 26.0 Å². The second kappa shape index (κ2) is 12.7. The lowest BCUT2D eigenvalue weighted by Crippen LogP contribution is -2.26. The summed E-state index contributed by atoms with van der Waals surface area (Å²) in [6.07, 6.45) is 19.1. The average molecular weight is 491 g/mol. The quantitative estimate of drug-likeness (QED) is 0.352. The van der Waals surface area contributed by atoms with Gasteiger partial charge in [-0.2, -0.15) is 4.39 Å². The van der Waals surface area contributed by atoms with E-state index in [0.29, 0.717) is 18.1 Å². The van der Waals surface area contributed by atoms with E-state index in [1.807, 2.05) is 6.08 Å². The molecule has 1 nitrogen and oxygen atoms in total. The molecule has 4 rings (SSSR count). The molecule has 0 unspecified atom stereocenters. The third-order valence-electron chi connectivity index (χ3n) is 9.49. The Morgan fingerprint density at radius 2 is 1.34 bits per heavy atom. The lowest BCUT2D eigenvalue weighted by molar-refractivity contribution is 0.147. The molecule has 3 aliphatic carbocycles. The van der Waals surface area contributed by atoms with E-state index < -0.39 is 11.6 Å². The maximum atomic E-state index is 14.6. The van der Waals surface area contributed by atoms with E-state index in [4.69, 9.17) is 4.74 Å². The third-order valence-corrected chi connectivity index (χ3v) is 9.49. The molecule has 0 aromatic heterocycles. The van der Waals surface area contributed by atoms with E-state index in [2.05, 4.69) is 0 Å². The molecule has 1 aromatic carbocycles. The van der Waals surface area contributed by atoms with Crippen molar-refractivity contribution in [3.8, 4) is 5.75 Å². The fourth-order valence-corrected chi connectivity index (χ4v) is 7.42. The van der Waals surface area contributed by atoms with Crippen molar-refractivity contribution >= 4 is 0 Å². The molecular formula is C31H45F3O. The summed E-state index contributed by atoms with van der Waals surface area (Å²) in [7, 11) is 0. The van der Waals surface area contributed by atoms with Crippen molar-refractivity contribution in [3.05, 3.63) is 41.2 Å². The van der Waals surface area contributed by atoms with Gasteiger partial charge in [-0.1, -0.05) is 37.8 Å². The minimum absolute atomic E-state index is 0.0142. The van der Waals surface area contributed by atoms with Crippen LogP contribution in [0.15, 0.2) is 24.0 Å². The van der Waals surface area contributed by atoms with Crippen LogP contribution in [0.25, 0.3) is 0 Å². The number of halogens is 3. The van der Waals surface area contributed by atoms with Crippen molar-refractivity contribution in [2.45, 2.75) is 110 Å². The van der Waals surface area contributed by atoms with Crippen LogP contribution in [0.5, 0.6) is 5.75 Å². The molecule has 0 spiro atoms.